The second-order valence-corrected chi connectivity index (χ2v) is 12.4. The highest BCUT2D eigenvalue weighted by atomic mass is 32.2. The van der Waals surface area contributed by atoms with Crippen molar-refractivity contribution in [1.29, 1.82) is 0 Å². The Bertz CT molecular complexity index is 1850. The third-order valence-electron chi connectivity index (χ3n) is 7.59. The number of aromatic nitrogens is 1. The minimum Gasteiger partial charge on any atom is -0.497 e. The SMILES string of the molecule is CCOC(=O)c1ccc(NC(=O)Cn2c3c(sc2=O)C(c2ccc(F)cc2)C2C(=O)N(c4ccc(OC)cc4)C(=O)C2S3)cc1. The lowest BCUT2D eigenvalue weighted by atomic mass is 9.83. The molecule has 13 heteroatoms. The van der Waals surface area contributed by atoms with Crippen LogP contribution in [0.25, 0.3) is 0 Å². The van der Waals surface area contributed by atoms with Gasteiger partial charge in [0.05, 0.1) is 35.9 Å². The average Bonchev–Trinajstić information content (AvgIpc) is 3.48. The zero-order chi connectivity index (χ0) is 31.8. The molecule has 45 heavy (non-hydrogen) atoms. The van der Waals surface area contributed by atoms with Gasteiger partial charge in [-0.15, -0.1) is 0 Å². The average molecular weight is 648 g/mol. The van der Waals surface area contributed by atoms with Crippen LogP contribution in [0.2, 0.25) is 0 Å². The number of hydrogen-bond acceptors (Lipinski definition) is 9. The number of anilines is 2. The number of rotatable bonds is 8. The number of amides is 3. The van der Waals surface area contributed by atoms with Crippen LogP contribution in [0.15, 0.2) is 82.6 Å². The van der Waals surface area contributed by atoms with Crippen LogP contribution in [-0.4, -0.2) is 47.2 Å². The quantitative estimate of drug-likeness (QED) is 0.216. The van der Waals surface area contributed by atoms with E-state index in [-0.39, 0.29) is 13.2 Å². The molecule has 0 bridgehead atoms. The molecule has 3 unspecified atom stereocenters. The molecule has 0 radical (unpaired) electrons. The van der Waals surface area contributed by atoms with Gasteiger partial charge in [0.1, 0.15) is 23.4 Å². The second kappa shape index (κ2) is 12.3. The number of nitrogens with zero attached hydrogens (tertiary/aromatic N) is 2. The zero-order valence-electron chi connectivity index (χ0n) is 24.0. The Morgan fingerprint density at radius 3 is 2.27 bits per heavy atom. The van der Waals surface area contributed by atoms with Crippen LogP contribution in [-0.2, 0) is 25.7 Å². The summed E-state index contributed by atoms with van der Waals surface area (Å²) in [5.74, 6) is -3.35. The minimum absolute atomic E-state index is 0.234. The van der Waals surface area contributed by atoms with E-state index in [0.29, 0.717) is 38.2 Å². The van der Waals surface area contributed by atoms with Crippen molar-refractivity contribution in [1.82, 2.24) is 4.57 Å². The van der Waals surface area contributed by atoms with Crippen LogP contribution in [0.3, 0.4) is 0 Å². The molecule has 3 atom stereocenters. The van der Waals surface area contributed by atoms with Gasteiger partial charge in [-0.2, -0.15) is 0 Å². The second-order valence-electron chi connectivity index (χ2n) is 10.3. The number of nitrogens with one attached hydrogen (secondary N) is 1. The standard InChI is InChI=1S/C32H26FN3O7S2/c1-3-43-31(40)18-6-10-20(11-7-18)34-23(37)16-35-30-27(45-32(35)41)24(17-4-8-19(33)9-5-17)25-26(44-30)29(39)36(28(25)38)21-12-14-22(42-2)15-13-21/h4-15,24-26H,3,16H2,1-2H3,(H,34,37). The Morgan fingerprint density at radius 2 is 1.62 bits per heavy atom. The summed E-state index contributed by atoms with van der Waals surface area (Å²) in [7, 11) is 1.51. The number of thioether (sulfide) groups is 1. The molecule has 2 aliphatic heterocycles. The van der Waals surface area contributed by atoms with Crippen LogP contribution in [0, 0.1) is 11.7 Å². The fourth-order valence-electron chi connectivity index (χ4n) is 5.52. The maximum atomic E-state index is 14.0. The molecular weight excluding hydrogens is 621 g/mol. The van der Waals surface area contributed by atoms with Gasteiger partial charge in [0.15, 0.2) is 0 Å². The summed E-state index contributed by atoms with van der Waals surface area (Å²) in [6, 6.07) is 18.3. The van der Waals surface area contributed by atoms with E-state index in [1.54, 1.807) is 55.5 Å². The summed E-state index contributed by atoms with van der Waals surface area (Å²) in [5, 5.41) is 2.25. The van der Waals surface area contributed by atoms with Gasteiger partial charge in [-0.3, -0.25) is 23.7 Å². The first kappa shape index (κ1) is 30.3. The molecule has 2 aliphatic rings. The summed E-state index contributed by atoms with van der Waals surface area (Å²) < 4.78 is 25.4. The molecule has 3 heterocycles. The molecule has 10 nitrogen and oxygen atoms in total. The van der Waals surface area contributed by atoms with E-state index in [1.807, 2.05) is 0 Å². The van der Waals surface area contributed by atoms with Crippen molar-refractivity contribution in [3.05, 3.63) is 104 Å². The van der Waals surface area contributed by atoms with Crippen molar-refractivity contribution in [3.63, 3.8) is 0 Å². The number of methoxy groups -OCH3 is 1. The number of ether oxygens (including phenoxy) is 2. The predicted octanol–water partition coefficient (Wildman–Crippen LogP) is 4.67. The summed E-state index contributed by atoms with van der Waals surface area (Å²) in [6.45, 7) is 1.59. The number of carbonyl (C=O) groups excluding carboxylic acids is 4. The van der Waals surface area contributed by atoms with Crippen molar-refractivity contribution in [3.8, 4) is 5.75 Å². The van der Waals surface area contributed by atoms with E-state index < -0.39 is 51.5 Å². The molecule has 4 aromatic rings. The van der Waals surface area contributed by atoms with E-state index in [9.17, 15) is 28.4 Å². The molecule has 1 fully saturated rings. The number of fused-ring (bicyclic) bond motifs is 2. The number of thiazole rings is 1. The number of imide groups is 1. The van der Waals surface area contributed by atoms with Gasteiger partial charge in [0.25, 0.3) is 0 Å². The molecule has 0 spiro atoms. The highest BCUT2D eigenvalue weighted by Gasteiger charge is 2.56. The van der Waals surface area contributed by atoms with Gasteiger partial charge in [-0.05, 0) is 73.2 Å². The first-order valence-corrected chi connectivity index (χ1v) is 15.6. The number of hydrogen-bond donors (Lipinski definition) is 1. The lowest BCUT2D eigenvalue weighted by Crippen LogP contribution is -2.33. The van der Waals surface area contributed by atoms with Crippen molar-refractivity contribution < 1.29 is 33.0 Å². The predicted molar refractivity (Wildman–Crippen MR) is 166 cm³/mol. The minimum atomic E-state index is -0.888. The Hall–Kier alpha value is -4.75. The van der Waals surface area contributed by atoms with Crippen molar-refractivity contribution in [2.24, 2.45) is 5.92 Å². The molecule has 0 aliphatic carbocycles. The Balaban J connectivity index is 1.33. The topological polar surface area (TPSA) is 124 Å². The molecule has 6 rings (SSSR count). The van der Waals surface area contributed by atoms with Crippen molar-refractivity contribution in [2.75, 3.05) is 23.9 Å². The largest absolute Gasteiger partial charge is 0.497 e. The molecule has 230 valence electrons. The smallest absolute Gasteiger partial charge is 0.338 e. The van der Waals surface area contributed by atoms with Crippen LogP contribution in [0.5, 0.6) is 5.75 Å². The van der Waals surface area contributed by atoms with Gasteiger partial charge < -0.3 is 14.8 Å². The maximum Gasteiger partial charge on any atom is 0.338 e. The molecule has 1 aromatic heterocycles. The number of esters is 1. The molecule has 1 N–H and O–H groups in total. The Morgan fingerprint density at radius 1 is 0.933 bits per heavy atom. The third-order valence-corrected chi connectivity index (χ3v) is 10.2. The zero-order valence-corrected chi connectivity index (χ0v) is 25.7. The third kappa shape index (κ3) is 5.64. The van der Waals surface area contributed by atoms with Crippen molar-refractivity contribution in [2.45, 2.75) is 29.7 Å². The highest BCUT2D eigenvalue weighted by Crippen LogP contribution is 2.53. The van der Waals surface area contributed by atoms with E-state index in [2.05, 4.69) is 5.32 Å². The van der Waals surface area contributed by atoms with Crippen LogP contribution < -0.4 is 19.8 Å². The lowest BCUT2D eigenvalue weighted by Gasteiger charge is -2.30. The lowest BCUT2D eigenvalue weighted by molar-refractivity contribution is -0.122. The fourth-order valence-corrected chi connectivity index (χ4v) is 8.29. The number of benzene rings is 3. The number of halogens is 1. The molecular formula is C32H26FN3O7S2. The molecule has 0 saturated carbocycles. The molecule has 3 aromatic carbocycles. The van der Waals surface area contributed by atoms with Crippen LogP contribution in [0.4, 0.5) is 15.8 Å². The summed E-state index contributed by atoms with van der Waals surface area (Å²) in [5.41, 5.74) is 1.70. The van der Waals surface area contributed by atoms with E-state index in [0.717, 1.165) is 28.0 Å². The van der Waals surface area contributed by atoms with Gasteiger partial charge in [-0.25, -0.2) is 14.1 Å². The van der Waals surface area contributed by atoms with E-state index in [1.165, 1.54) is 35.9 Å². The van der Waals surface area contributed by atoms with Gasteiger partial charge in [-0.1, -0.05) is 35.2 Å². The Labute approximate surface area is 264 Å². The first-order chi connectivity index (χ1) is 21.7. The van der Waals surface area contributed by atoms with E-state index in [4.69, 9.17) is 9.47 Å². The molecule has 3 amide bonds. The van der Waals surface area contributed by atoms with E-state index >= 15 is 0 Å². The van der Waals surface area contributed by atoms with Gasteiger partial charge in [0, 0.05) is 16.5 Å². The summed E-state index contributed by atoms with van der Waals surface area (Å²) in [6.07, 6.45) is 0. The Kier molecular flexibility index (Phi) is 8.30. The normalized spacial score (nSPS) is 18.7. The van der Waals surface area contributed by atoms with Crippen LogP contribution >= 0.6 is 23.1 Å². The first-order valence-electron chi connectivity index (χ1n) is 13.9. The van der Waals surface area contributed by atoms with Gasteiger partial charge in [0.2, 0.25) is 17.7 Å². The number of carbonyl (C=O) groups is 4. The van der Waals surface area contributed by atoms with Crippen LogP contribution in [0.1, 0.15) is 33.6 Å². The maximum absolute atomic E-state index is 14.0. The fraction of sp³-hybridized carbons (Fsp3) is 0.219. The highest BCUT2D eigenvalue weighted by molar-refractivity contribution is 8.00. The molecule has 1 saturated heterocycles. The van der Waals surface area contributed by atoms with Gasteiger partial charge >= 0.3 is 10.8 Å². The summed E-state index contributed by atoms with van der Waals surface area (Å²) in [4.78, 5) is 67.4. The summed E-state index contributed by atoms with van der Waals surface area (Å²) >= 11 is 1.98. The van der Waals surface area contributed by atoms with Crippen molar-refractivity contribution >= 4 is 58.2 Å². The monoisotopic (exact) mass is 647 g/mol.